The molecule has 1 aromatic heterocycles. The Kier molecular flexibility index (Phi) is 2.37. The minimum atomic E-state index is -1.35. The molecule has 0 fully saturated rings. The molecule has 1 aliphatic heterocycles. The van der Waals surface area contributed by atoms with Crippen molar-refractivity contribution < 1.29 is 14.8 Å². The van der Waals surface area contributed by atoms with E-state index < -0.39 is 22.4 Å². The molecule has 2 rings (SSSR count). The van der Waals surface area contributed by atoms with Crippen LogP contribution in [-0.4, -0.2) is 25.6 Å². The molecule has 1 aromatic rings. The average molecular weight is 225 g/mol. The van der Waals surface area contributed by atoms with Crippen molar-refractivity contribution in [2.75, 3.05) is 0 Å². The monoisotopic (exact) mass is 225 g/mol. The number of nitro groups is 1. The van der Waals surface area contributed by atoms with Crippen LogP contribution >= 0.6 is 0 Å². The first-order valence-electron chi connectivity index (χ1n) is 4.97. The van der Waals surface area contributed by atoms with E-state index in [2.05, 4.69) is 4.98 Å². The summed E-state index contributed by atoms with van der Waals surface area (Å²) < 4.78 is 1.41. The lowest BCUT2D eigenvalue weighted by atomic mass is 10.0. The van der Waals surface area contributed by atoms with Gasteiger partial charge in [-0.15, -0.1) is 0 Å². The summed E-state index contributed by atoms with van der Waals surface area (Å²) in [6, 6.07) is 0. The molecule has 86 valence electrons. The molecule has 1 aliphatic rings. The Morgan fingerprint density at radius 3 is 2.94 bits per heavy atom. The summed E-state index contributed by atoms with van der Waals surface area (Å²) in [4.78, 5) is 24.8. The third-order valence-corrected chi connectivity index (χ3v) is 2.77. The molecular weight excluding hydrogens is 214 g/mol. The smallest absolute Gasteiger partial charge is 0.363 e. The number of nitrogens with zero attached hydrogens (tertiary/aromatic N) is 3. The highest BCUT2D eigenvalue weighted by atomic mass is 16.6. The van der Waals surface area contributed by atoms with Gasteiger partial charge >= 0.3 is 11.8 Å². The largest absolute Gasteiger partial charge is 0.476 e. The lowest BCUT2D eigenvalue weighted by Crippen LogP contribution is -2.18. The van der Waals surface area contributed by atoms with Crippen molar-refractivity contribution in [3.63, 3.8) is 0 Å². The van der Waals surface area contributed by atoms with Gasteiger partial charge in [-0.25, -0.2) is 9.36 Å². The number of carboxylic acids is 1. The van der Waals surface area contributed by atoms with Crippen molar-refractivity contribution in [3.05, 3.63) is 21.6 Å². The molecule has 1 unspecified atom stereocenters. The fraction of sp³-hybridized carbons (Fsp3) is 0.556. The number of aromatic nitrogens is 2. The number of fused-ring (bicyclic) bond motifs is 1. The van der Waals surface area contributed by atoms with E-state index >= 15 is 0 Å². The van der Waals surface area contributed by atoms with Crippen LogP contribution in [0.25, 0.3) is 0 Å². The van der Waals surface area contributed by atoms with Crippen LogP contribution in [-0.2, 0) is 13.0 Å². The second kappa shape index (κ2) is 3.58. The van der Waals surface area contributed by atoms with Crippen LogP contribution in [0.1, 0.15) is 29.7 Å². The molecule has 1 N–H and O–H groups in total. The molecule has 0 radical (unpaired) electrons. The van der Waals surface area contributed by atoms with Crippen molar-refractivity contribution in [1.29, 1.82) is 0 Å². The summed E-state index contributed by atoms with van der Waals surface area (Å²) in [6.45, 7) is 2.48. The fourth-order valence-corrected chi connectivity index (χ4v) is 1.97. The van der Waals surface area contributed by atoms with Gasteiger partial charge in [-0.05, 0) is 17.3 Å². The highest BCUT2D eigenvalue weighted by molar-refractivity contribution is 5.89. The van der Waals surface area contributed by atoms with Crippen LogP contribution in [0.4, 0.5) is 5.82 Å². The van der Waals surface area contributed by atoms with Crippen molar-refractivity contribution in [2.24, 2.45) is 5.92 Å². The zero-order valence-corrected chi connectivity index (χ0v) is 8.71. The van der Waals surface area contributed by atoms with E-state index in [-0.39, 0.29) is 0 Å². The zero-order valence-electron chi connectivity index (χ0n) is 8.71. The van der Waals surface area contributed by atoms with E-state index in [9.17, 15) is 14.9 Å². The SMILES string of the molecule is CC1CCn2c(nc(C(=O)O)c2[N+](=O)[O-])C1. The average Bonchev–Trinajstić information content (AvgIpc) is 2.55. The Morgan fingerprint density at radius 1 is 1.69 bits per heavy atom. The summed E-state index contributed by atoms with van der Waals surface area (Å²) in [5.41, 5.74) is -0.450. The van der Waals surface area contributed by atoms with E-state index in [4.69, 9.17) is 5.11 Å². The van der Waals surface area contributed by atoms with Crippen LogP contribution in [0.5, 0.6) is 0 Å². The highest BCUT2D eigenvalue weighted by Gasteiger charge is 2.34. The van der Waals surface area contributed by atoms with E-state index in [0.717, 1.165) is 6.42 Å². The van der Waals surface area contributed by atoms with Gasteiger partial charge in [0.25, 0.3) is 0 Å². The molecule has 0 saturated heterocycles. The molecule has 0 aliphatic carbocycles. The Morgan fingerprint density at radius 2 is 2.38 bits per heavy atom. The number of rotatable bonds is 2. The van der Waals surface area contributed by atoms with Crippen LogP contribution < -0.4 is 0 Å². The molecule has 0 amide bonds. The van der Waals surface area contributed by atoms with E-state index in [0.29, 0.717) is 24.7 Å². The second-order valence-corrected chi connectivity index (χ2v) is 4.01. The van der Waals surface area contributed by atoms with Crippen molar-refractivity contribution in [3.8, 4) is 0 Å². The van der Waals surface area contributed by atoms with Gasteiger partial charge in [0.05, 0.1) is 6.54 Å². The summed E-state index contributed by atoms with van der Waals surface area (Å²) in [5.74, 6) is -0.852. The van der Waals surface area contributed by atoms with E-state index in [1.165, 1.54) is 4.57 Å². The predicted octanol–water partition coefficient (Wildman–Crippen LogP) is 1.07. The molecule has 0 aromatic carbocycles. The minimum Gasteiger partial charge on any atom is -0.476 e. The van der Waals surface area contributed by atoms with Crippen LogP contribution in [0.15, 0.2) is 0 Å². The Balaban J connectivity index is 2.57. The minimum absolute atomic E-state index is 0.385. The molecular formula is C9H11N3O4. The van der Waals surface area contributed by atoms with Gasteiger partial charge in [-0.3, -0.25) is 0 Å². The maximum atomic E-state index is 10.8. The molecule has 2 heterocycles. The number of hydrogen-bond acceptors (Lipinski definition) is 4. The Bertz CT molecular complexity index is 466. The Labute approximate surface area is 90.9 Å². The van der Waals surface area contributed by atoms with Crippen LogP contribution in [0.2, 0.25) is 0 Å². The van der Waals surface area contributed by atoms with Gasteiger partial charge in [0.15, 0.2) is 5.82 Å². The van der Waals surface area contributed by atoms with E-state index in [1.54, 1.807) is 0 Å². The normalized spacial score (nSPS) is 19.2. The summed E-state index contributed by atoms with van der Waals surface area (Å²) >= 11 is 0. The molecule has 7 nitrogen and oxygen atoms in total. The molecule has 0 spiro atoms. The maximum absolute atomic E-state index is 10.8. The number of aromatic carboxylic acids is 1. The van der Waals surface area contributed by atoms with Gasteiger partial charge in [-0.1, -0.05) is 6.92 Å². The summed E-state index contributed by atoms with van der Waals surface area (Å²) in [6.07, 6.45) is 1.40. The summed E-state index contributed by atoms with van der Waals surface area (Å²) in [7, 11) is 0. The number of carboxylic acid groups (broad SMARTS) is 1. The molecule has 1 atom stereocenters. The maximum Gasteiger partial charge on any atom is 0.363 e. The Hall–Kier alpha value is -1.92. The predicted molar refractivity (Wildman–Crippen MR) is 53.3 cm³/mol. The van der Waals surface area contributed by atoms with E-state index in [1.807, 2.05) is 6.92 Å². The van der Waals surface area contributed by atoms with Crippen LogP contribution in [0.3, 0.4) is 0 Å². The van der Waals surface area contributed by atoms with Crippen molar-refractivity contribution in [2.45, 2.75) is 26.3 Å². The second-order valence-electron chi connectivity index (χ2n) is 4.01. The standard InChI is InChI=1S/C9H11N3O4/c1-5-2-3-11-6(4-5)10-7(9(13)14)8(11)12(15)16/h5H,2-4H2,1H3,(H,13,14). The molecule has 0 saturated carbocycles. The topological polar surface area (TPSA) is 98.3 Å². The molecule has 16 heavy (non-hydrogen) atoms. The zero-order chi connectivity index (χ0) is 11.9. The van der Waals surface area contributed by atoms with Gasteiger partial charge in [-0.2, -0.15) is 4.98 Å². The summed E-state index contributed by atoms with van der Waals surface area (Å²) in [5, 5.41) is 19.7. The van der Waals surface area contributed by atoms with Crippen LogP contribution in [0, 0.1) is 16.0 Å². The highest BCUT2D eigenvalue weighted by Crippen LogP contribution is 2.27. The van der Waals surface area contributed by atoms with Crippen molar-refractivity contribution in [1.82, 2.24) is 9.55 Å². The molecule has 0 bridgehead atoms. The number of imidazole rings is 1. The lowest BCUT2D eigenvalue weighted by molar-refractivity contribution is -0.392. The first-order valence-corrected chi connectivity index (χ1v) is 4.97. The first kappa shape index (κ1) is 10.6. The first-order chi connectivity index (χ1) is 7.50. The van der Waals surface area contributed by atoms with Crippen molar-refractivity contribution >= 4 is 11.8 Å². The number of carbonyl (C=O) groups is 1. The van der Waals surface area contributed by atoms with Gasteiger partial charge in [0, 0.05) is 6.42 Å². The number of hydrogen-bond donors (Lipinski definition) is 1. The quantitative estimate of drug-likeness (QED) is 0.599. The van der Waals surface area contributed by atoms with Gasteiger partial charge in [0.1, 0.15) is 0 Å². The molecule has 7 heteroatoms. The van der Waals surface area contributed by atoms with Gasteiger partial charge in [0.2, 0.25) is 5.69 Å². The third kappa shape index (κ3) is 1.54. The third-order valence-electron chi connectivity index (χ3n) is 2.77. The fourth-order valence-electron chi connectivity index (χ4n) is 1.97. The van der Waals surface area contributed by atoms with Gasteiger partial charge < -0.3 is 15.2 Å². The lowest BCUT2D eigenvalue weighted by Gasteiger charge is -2.15.